The summed E-state index contributed by atoms with van der Waals surface area (Å²) in [5.74, 6) is 0.842. The number of nitrogens with one attached hydrogen (secondary N) is 1. The van der Waals surface area contributed by atoms with Crippen molar-refractivity contribution in [1.29, 1.82) is 0 Å². The first-order valence-electron chi connectivity index (χ1n) is 11.3. The Labute approximate surface area is 201 Å². The van der Waals surface area contributed by atoms with Gasteiger partial charge in [-0.05, 0) is 48.7 Å². The second kappa shape index (κ2) is 11.9. The average molecular weight is 461 g/mol. The van der Waals surface area contributed by atoms with Gasteiger partial charge in [0.2, 0.25) is 5.91 Å². The smallest absolute Gasteiger partial charge is 0.261 e. The Kier molecular flexibility index (Phi) is 8.68. The van der Waals surface area contributed by atoms with E-state index >= 15 is 0 Å². The molecule has 0 aliphatic carbocycles. The van der Waals surface area contributed by atoms with Gasteiger partial charge in [-0.15, -0.1) is 0 Å². The summed E-state index contributed by atoms with van der Waals surface area (Å²) in [7, 11) is 3.18. The van der Waals surface area contributed by atoms with Gasteiger partial charge in [-0.3, -0.25) is 9.59 Å². The SMILES string of the molecule is CNC(=O)[C@H](Cc1ccccc1)N(Cc1cccc(OC)c1)C(=O)COc1ccc(C)cc1C. The van der Waals surface area contributed by atoms with Gasteiger partial charge in [0.05, 0.1) is 7.11 Å². The van der Waals surface area contributed by atoms with Gasteiger partial charge in [-0.1, -0.05) is 60.2 Å². The Morgan fingerprint density at radius 3 is 2.35 bits per heavy atom. The number of likely N-dealkylation sites (N-methyl/N-ethyl adjacent to an activating group) is 1. The molecule has 0 aromatic heterocycles. The number of rotatable bonds is 10. The van der Waals surface area contributed by atoms with Gasteiger partial charge in [0.1, 0.15) is 17.5 Å². The fourth-order valence-corrected chi connectivity index (χ4v) is 3.87. The number of amides is 2. The third-order valence-electron chi connectivity index (χ3n) is 5.69. The van der Waals surface area contributed by atoms with E-state index in [1.807, 2.05) is 86.6 Å². The van der Waals surface area contributed by atoms with Crippen LogP contribution in [0.1, 0.15) is 22.3 Å². The van der Waals surface area contributed by atoms with Crippen molar-refractivity contribution >= 4 is 11.8 Å². The van der Waals surface area contributed by atoms with Crippen molar-refractivity contribution in [2.24, 2.45) is 0 Å². The summed E-state index contributed by atoms with van der Waals surface area (Å²) in [5.41, 5.74) is 3.91. The van der Waals surface area contributed by atoms with Gasteiger partial charge < -0.3 is 19.7 Å². The highest BCUT2D eigenvalue weighted by molar-refractivity contribution is 5.88. The van der Waals surface area contributed by atoms with Gasteiger partial charge in [-0.25, -0.2) is 0 Å². The second-order valence-electron chi connectivity index (χ2n) is 8.25. The summed E-state index contributed by atoms with van der Waals surface area (Å²) >= 11 is 0. The van der Waals surface area contributed by atoms with Crippen LogP contribution in [-0.2, 0) is 22.6 Å². The molecule has 3 aromatic rings. The molecule has 0 heterocycles. The highest BCUT2D eigenvalue weighted by Gasteiger charge is 2.30. The Balaban J connectivity index is 1.89. The fraction of sp³-hybridized carbons (Fsp3) is 0.286. The van der Waals surface area contributed by atoms with Crippen LogP contribution in [0.4, 0.5) is 0 Å². The Morgan fingerprint density at radius 1 is 0.941 bits per heavy atom. The minimum Gasteiger partial charge on any atom is -0.497 e. The lowest BCUT2D eigenvalue weighted by Crippen LogP contribution is -2.51. The van der Waals surface area contributed by atoms with E-state index in [-0.39, 0.29) is 25.0 Å². The van der Waals surface area contributed by atoms with Crippen LogP contribution in [-0.4, -0.2) is 43.5 Å². The highest BCUT2D eigenvalue weighted by atomic mass is 16.5. The van der Waals surface area contributed by atoms with E-state index in [4.69, 9.17) is 9.47 Å². The predicted octanol–water partition coefficient (Wildman–Crippen LogP) is 4.08. The third kappa shape index (κ3) is 6.61. The number of carbonyl (C=O) groups excluding carboxylic acids is 2. The van der Waals surface area contributed by atoms with E-state index in [1.54, 1.807) is 19.1 Å². The second-order valence-corrected chi connectivity index (χ2v) is 8.25. The zero-order valence-electron chi connectivity index (χ0n) is 20.2. The van der Waals surface area contributed by atoms with Gasteiger partial charge in [0.25, 0.3) is 5.91 Å². The van der Waals surface area contributed by atoms with Gasteiger partial charge in [0.15, 0.2) is 6.61 Å². The summed E-state index contributed by atoms with van der Waals surface area (Å²) < 4.78 is 11.2. The number of benzene rings is 3. The van der Waals surface area contributed by atoms with Crippen molar-refractivity contribution in [3.63, 3.8) is 0 Å². The number of methoxy groups -OCH3 is 1. The molecule has 3 aromatic carbocycles. The molecule has 1 N–H and O–H groups in total. The Hall–Kier alpha value is -3.80. The summed E-state index contributed by atoms with van der Waals surface area (Å²) in [6.07, 6.45) is 0.389. The number of ether oxygens (including phenoxy) is 2. The number of aryl methyl sites for hydroxylation is 2. The maximum Gasteiger partial charge on any atom is 0.261 e. The van der Waals surface area contributed by atoms with Crippen LogP contribution >= 0.6 is 0 Å². The number of carbonyl (C=O) groups is 2. The molecule has 6 nitrogen and oxygen atoms in total. The first-order chi connectivity index (χ1) is 16.4. The number of nitrogens with zero attached hydrogens (tertiary/aromatic N) is 1. The van der Waals surface area contributed by atoms with Crippen LogP contribution in [0.25, 0.3) is 0 Å². The summed E-state index contributed by atoms with van der Waals surface area (Å²) in [6, 6.07) is 22.3. The van der Waals surface area contributed by atoms with E-state index in [9.17, 15) is 9.59 Å². The molecule has 1 atom stereocenters. The van der Waals surface area contributed by atoms with Crippen LogP contribution in [0, 0.1) is 13.8 Å². The Morgan fingerprint density at radius 2 is 1.68 bits per heavy atom. The third-order valence-corrected chi connectivity index (χ3v) is 5.69. The molecule has 0 bridgehead atoms. The van der Waals surface area contributed by atoms with E-state index in [1.165, 1.54) is 0 Å². The molecule has 0 spiro atoms. The molecule has 0 aliphatic rings. The lowest BCUT2D eigenvalue weighted by molar-refractivity contribution is -0.142. The van der Waals surface area contributed by atoms with Gasteiger partial charge in [0, 0.05) is 20.0 Å². The van der Waals surface area contributed by atoms with Crippen molar-refractivity contribution in [1.82, 2.24) is 10.2 Å². The fourth-order valence-electron chi connectivity index (χ4n) is 3.87. The Bertz CT molecular complexity index is 1110. The lowest BCUT2D eigenvalue weighted by atomic mass is 10.0. The molecule has 0 saturated heterocycles. The summed E-state index contributed by atoms with van der Waals surface area (Å²) in [4.78, 5) is 28.1. The standard InChI is InChI=1S/C28H32N2O4/c1-20-13-14-26(21(2)15-20)34-19-27(31)30(18-23-11-8-12-24(16-23)33-4)25(28(32)29-3)17-22-9-6-5-7-10-22/h5-16,25H,17-19H2,1-4H3,(H,29,32)/t25-/m0/s1. The molecule has 0 radical (unpaired) electrons. The predicted molar refractivity (Wildman–Crippen MR) is 133 cm³/mol. The number of hydrogen-bond donors (Lipinski definition) is 1. The number of hydrogen-bond acceptors (Lipinski definition) is 4. The normalized spacial score (nSPS) is 11.4. The first-order valence-corrected chi connectivity index (χ1v) is 11.3. The van der Waals surface area contributed by atoms with Crippen molar-refractivity contribution in [3.05, 3.63) is 95.1 Å². The maximum atomic E-state index is 13.5. The largest absolute Gasteiger partial charge is 0.497 e. The van der Waals surface area contributed by atoms with Crippen molar-refractivity contribution in [2.45, 2.75) is 32.9 Å². The minimum atomic E-state index is -0.700. The lowest BCUT2D eigenvalue weighted by Gasteiger charge is -2.31. The van der Waals surface area contributed by atoms with Crippen LogP contribution in [0.2, 0.25) is 0 Å². The summed E-state index contributed by atoms with van der Waals surface area (Å²) in [6.45, 7) is 4.03. The topological polar surface area (TPSA) is 67.9 Å². The van der Waals surface area contributed by atoms with Gasteiger partial charge in [-0.2, -0.15) is 0 Å². The van der Waals surface area contributed by atoms with Gasteiger partial charge >= 0.3 is 0 Å². The summed E-state index contributed by atoms with van der Waals surface area (Å²) in [5, 5.41) is 2.72. The van der Waals surface area contributed by atoms with E-state index in [2.05, 4.69) is 5.32 Å². The zero-order chi connectivity index (χ0) is 24.5. The van der Waals surface area contributed by atoms with E-state index < -0.39 is 6.04 Å². The molecule has 34 heavy (non-hydrogen) atoms. The quantitative estimate of drug-likeness (QED) is 0.495. The molecule has 6 heteroatoms. The van der Waals surface area contributed by atoms with E-state index in [0.29, 0.717) is 17.9 Å². The average Bonchev–Trinajstić information content (AvgIpc) is 2.85. The molecule has 178 valence electrons. The monoisotopic (exact) mass is 460 g/mol. The van der Waals surface area contributed by atoms with E-state index in [0.717, 1.165) is 22.3 Å². The molecule has 2 amide bonds. The molecular weight excluding hydrogens is 428 g/mol. The molecular formula is C28H32N2O4. The first kappa shape index (κ1) is 24.8. The molecule has 0 aliphatic heterocycles. The molecule has 0 saturated carbocycles. The van der Waals surface area contributed by atoms with Crippen LogP contribution in [0.15, 0.2) is 72.8 Å². The van der Waals surface area contributed by atoms with Crippen molar-refractivity contribution in [3.8, 4) is 11.5 Å². The van der Waals surface area contributed by atoms with Crippen molar-refractivity contribution in [2.75, 3.05) is 20.8 Å². The highest BCUT2D eigenvalue weighted by Crippen LogP contribution is 2.21. The van der Waals surface area contributed by atoms with Crippen LogP contribution < -0.4 is 14.8 Å². The molecule has 3 rings (SSSR count). The van der Waals surface area contributed by atoms with Crippen molar-refractivity contribution < 1.29 is 19.1 Å². The minimum absolute atomic E-state index is 0.170. The van der Waals surface area contributed by atoms with Crippen LogP contribution in [0.3, 0.4) is 0 Å². The van der Waals surface area contributed by atoms with Crippen LogP contribution in [0.5, 0.6) is 11.5 Å². The zero-order valence-corrected chi connectivity index (χ0v) is 20.2. The maximum absolute atomic E-state index is 13.5. The molecule has 0 fully saturated rings. The molecule has 0 unspecified atom stereocenters.